The minimum absolute atomic E-state index is 0.204. The van der Waals surface area contributed by atoms with E-state index < -0.39 is 0 Å². The van der Waals surface area contributed by atoms with E-state index in [0.717, 1.165) is 26.2 Å². The molecule has 4 nitrogen and oxygen atoms in total. The molecule has 1 heterocycles. The van der Waals surface area contributed by atoms with Crippen molar-refractivity contribution >= 4 is 11.6 Å². The molecule has 1 fully saturated rings. The van der Waals surface area contributed by atoms with Gasteiger partial charge in [0.25, 0.3) is 5.91 Å². The Labute approximate surface area is 102 Å². The van der Waals surface area contributed by atoms with Crippen molar-refractivity contribution in [3.8, 4) is 0 Å². The van der Waals surface area contributed by atoms with Gasteiger partial charge in [0, 0.05) is 5.69 Å². The molecule has 1 aromatic rings. The van der Waals surface area contributed by atoms with Gasteiger partial charge in [-0.3, -0.25) is 4.79 Å². The molecular weight excluding hydrogens is 214 g/mol. The number of nitrogens with one attached hydrogen (secondary N) is 1. The van der Waals surface area contributed by atoms with Gasteiger partial charge in [0.1, 0.15) is 0 Å². The monoisotopic (exact) mass is 234 g/mol. The number of nitrogens with zero attached hydrogens (tertiary/aromatic N) is 1. The third kappa shape index (κ3) is 2.97. The van der Waals surface area contributed by atoms with Crippen LogP contribution in [0.4, 0.5) is 5.69 Å². The van der Waals surface area contributed by atoms with Gasteiger partial charge in [-0.2, -0.15) is 0 Å². The zero-order chi connectivity index (χ0) is 12.3. The van der Waals surface area contributed by atoms with Gasteiger partial charge in [-0.15, -0.1) is 0 Å². The lowest BCUT2D eigenvalue weighted by atomic mass is 10.1. The van der Waals surface area contributed by atoms with Crippen LogP contribution in [0.15, 0.2) is 24.3 Å². The summed E-state index contributed by atoms with van der Waals surface area (Å²) in [7, 11) is 0. The van der Waals surface area contributed by atoms with Crippen molar-refractivity contribution in [3.05, 3.63) is 29.8 Å². The Bertz CT molecular complexity index is 397. The number of piperazine rings is 1. The van der Waals surface area contributed by atoms with E-state index in [-0.39, 0.29) is 5.91 Å². The lowest BCUT2D eigenvalue weighted by Gasteiger charge is -2.33. The normalized spacial score (nSPS) is 17.1. The number of aryl methyl sites for hydroxylation is 1. The Hall–Kier alpha value is -1.55. The maximum Gasteiger partial charge on any atom is 0.272 e. The first-order valence-corrected chi connectivity index (χ1v) is 6.09. The summed E-state index contributed by atoms with van der Waals surface area (Å²) in [6.07, 6.45) is 0. The standard InChI is InChI=1S/C13H19N3O/c1-11-4-2-3-5-12(11)16-8-6-15(7-9-16)10-13(14)17/h2-5H,6-10H2,1H3,(H2,14,17)/p+1. The molecule has 4 heteroatoms. The van der Waals surface area contributed by atoms with E-state index in [2.05, 4.69) is 36.1 Å². The molecule has 2 rings (SSSR count). The predicted molar refractivity (Wildman–Crippen MR) is 68.2 cm³/mol. The van der Waals surface area contributed by atoms with Crippen LogP contribution < -0.4 is 15.5 Å². The summed E-state index contributed by atoms with van der Waals surface area (Å²) in [6, 6.07) is 8.44. The summed E-state index contributed by atoms with van der Waals surface area (Å²) in [6.45, 7) is 6.55. The zero-order valence-corrected chi connectivity index (χ0v) is 10.3. The van der Waals surface area contributed by atoms with Crippen LogP contribution in [0.5, 0.6) is 0 Å². The predicted octanol–water partition coefficient (Wildman–Crippen LogP) is -0.815. The van der Waals surface area contributed by atoms with Gasteiger partial charge in [-0.1, -0.05) is 18.2 Å². The lowest BCUT2D eigenvalue weighted by molar-refractivity contribution is -0.892. The van der Waals surface area contributed by atoms with Gasteiger partial charge >= 0.3 is 0 Å². The van der Waals surface area contributed by atoms with Crippen LogP contribution in [0.25, 0.3) is 0 Å². The van der Waals surface area contributed by atoms with E-state index in [0.29, 0.717) is 6.54 Å². The highest BCUT2D eigenvalue weighted by atomic mass is 16.1. The number of primary amides is 1. The molecule has 0 radical (unpaired) electrons. The molecule has 0 saturated carbocycles. The van der Waals surface area contributed by atoms with E-state index >= 15 is 0 Å². The number of nitrogens with two attached hydrogens (primary N) is 1. The zero-order valence-electron chi connectivity index (χ0n) is 10.3. The van der Waals surface area contributed by atoms with E-state index in [1.54, 1.807) is 0 Å². The minimum Gasteiger partial charge on any atom is -0.365 e. The summed E-state index contributed by atoms with van der Waals surface area (Å²) in [5, 5.41) is 0. The molecular formula is C13H20N3O+. The number of rotatable bonds is 3. The second-order valence-electron chi connectivity index (χ2n) is 4.67. The number of carbonyl (C=O) groups excluding carboxylic acids is 1. The molecule has 92 valence electrons. The van der Waals surface area contributed by atoms with E-state index in [9.17, 15) is 4.79 Å². The second-order valence-corrected chi connectivity index (χ2v) is 4.67. The number of benzene rings is 1. The highest BCUT2D eigenvalue weighted by molar-refractivity contribution is 5.74. The van der Waals surface area contributed by atoms with Crippen molar-refractivity contribution in [1.82, 2.24) is 0 Å². The van der Waals surface area contributed by atoms with Crippen LogP contribution in [0, 0.1) is 6.92 Å². The summed E-state index contributed by atoms with van der Waals surface area (Å²) in [5.41, 5.74) is 7.84. The Morgan fingerprint density at radius 2 is 2.00 bits per heavy atom. The molecule has 0 unspecified atom stereocenters. The van der Waals surface area contributed by atoms with Crippen molar-refractivity contribution in [2.24, 2.45) is 5.73 Å². The summed E-state index contributed by atoms with van der Waals surface area (Å²) in [4.78, 5) is 14.5. The van der Waals surface area contributed by atoms with Crippen LogP contribution >= 0.6 is 0 Å². The molecule has 1 saturated heterocycles. The summed E-state index contributed by atoms with van der Waals surface area (Å²) >= 11 is 0. The Kier molecular flexibility index (Phi) is 3.64. The van der Waals surface area contributed by atoms with Crippen LogP contribution in [0.3, 0.4) is 0 Å². The quantitative estimate of drug-likeness (QED) is 0.718. The summed E-state index contributed by atoms with van der Waals surface area (Å²) in [5.74, 6) is -0.204. The molecule has 0 atom stereocenters. The lowest BCUT2D eigenvalue weighted by Crippen LogP contribution is -3.15. The van der Waals surface area contributed by atoms with Gasteiger partial charge in [-0.25, -0.2) is 0 Å². The van der Waals surface area contributed by atoms with Gasteiger partial charge < -0.3 is 15.5 Å². The van der Waals surface area contributed by atoms with E-state index in [1.165, 1.54) is 16.2 Å². The highest BCUT2D eigenvalue weighted by Gasteiger charge is 2.21. The number of amides is 1. The van der Waals surface area contributed by atoms with Crippen molar-refractivity contribution in [2.75, 3.05) is 37.6 Å². The average molecular weight is 234 g/mol. The first-order valence-electron chi connectivity index (χ1n) is 6.09. The van der Waals surface area contributed by atoms with Crippen molar-refractivity contribution in [3.63, 3.8) is 0 Å². The fourth-order valence-corrected chi connectivity index (χ4v) is 2.41. The van der Waals surface area contributed by atoms with Gasteiger partial charge in [0.2, 0.25) is 0 Å². The largest absolute Gasteiger partial charge is 0.365 e. The fourth-order valence-electron chi connectivity index (χ4n) is 2.41. The molecule has 17 heavy (non-hydrogen) atoms. The Morgan fingerprint density at radius 1 is 1.35 bits per heavy atom. The number of hydrogen-bond donors (Lipinski definition) is 2. The molecule has 1 aliphatic rings. The highest BCUT2D eigenvalue weighted by Crippen LogP contribution is 2.18. The number of anilines is 1. The van der Waals surface area contributed by atoms with Gasteiger partial charge in [0.05, 0.1) is 26.2 Å². The number of quaternary nitrogens is 1. The Balaban J connectivity index is 1.95. The molecule has 0 spiro atoms. The van der Waals surface area contributed by atoms with Crippen molar-refractivity contribution in [2.45, 2.75) is 6.92 Å². The second kappa shape index (κ2) is 5.19. The van der Waals surface area contributed by atoms with E-state index in [1.807, 2.05) is 0 Å². The SMILES string of the molecule is Cc1ccccc1N1CC[NH+](CC(N)=O)CC1. The van der Waals surface area contributed by atoms with Crippen LogP contribution in [0.1, 0.15) is 5.56 Å². The molecule has 1 aliphatic heterocycles. The molecule has 0 aliphatic carbocycles. The maximum atomic E-state index is 10.9. The average Bonchev–Trinajstić information content (AvgIpc) is 2.30. The maximum absolute atomic E-state index is 10.9. The van der Waals surface area contributed by atoms with Crippen molar-refractivity contribution in [1.29, 1.82) is 0 Å². The van der Waals surface area contributed by atoms with Crippen LogP contribution in [0.2, 0.25) is 0 Å². The molecule has 0 bridgehead atoms. The third-order valence-electron chi connectivity index (χ3n) is 3.35. The molecule has 0 aromatic heterocycles. The topological polar surface area (TPSA) is 50.8 Å². The van der Waals surface area contributed by atoms with Gasteiger partial charge in [-0.05, 0) is 18.6 Å². The Morgan fingerprint density at radius 3 is 2.59 bits per heavy atom. The van der Waals surface area contributed by atoms with Crippen LogP contribution in [-0.4, -0.2) is 38.6 Å². The van der Waals surface area contributed by atoms with Gasteiger partial charge in [0.15, 0.2) is 6.54 Å². The number of para-hydroxylation sites is 1. The first-order chi connectivity index (χ1) is 8.16. The van der Waals surface area contributed by atoms with E-state index in [4.69, 9.17) is 5.73 Å². The number of hydrogen-bond acceptors (Lipinski definition) is 2. The van der Waals surface area contributed by atoms with Crippen molar-refractivity contribution < 1.29 is 9.69 Å². The molecule has 1 amide bonds. The molecule has 3 N–H and O–H groups in total. The fraction of sp³-hybridized carbons (Fsp3) is 0.462. The minimum atomic E-state index is -0.204. The van der Waals surface area contributed by atoms with Crippen LogP contribution in [-0.2, 0) is 4.79 Å². The first kappa shape index (κ1) is 11.9. The number of carbonyl (C=O) groups is 1. The summed E-state index contributed by atoms with van der Waals surface area (Å²) < 4.78 is 0. The molecule has 1 aromatic carbocycles. The third-order valence-corrected chi connectivity index (χ3v) is 3.35. The smallest absolute Gasteiger partial charge is 0.272 e.